The van der Waals surface area contributed by atoms with Gasteiger partial charge in [0.2, 0.25) is 0 Å². The van der Waals surface area contributed by atoms with Gasteiger partial charge in [-0.25, -0.2) is 0 Å². The summed E-state index contributed by atoms with van der Waals surface area (Å²) in [5.41, 5.74) is 8.71. The van der Waals surface area contributed by atoms with Crippen molar-refractivity contribution in [3.05, 3.63) is 115 Å². The molecule has 2 aromatic heterocycles. The highest BCUT2D eigenvalue weighted by Crippen LogP contribution is 2.40. The zero-order chi connectivity index (χ0) is 21.9. The predicted octanol–water partition coefficient (Wildman–Crippen LogP) is 8.10. The Labute approximate surface area is 191 Å². The second-order valence-corrected chi connectivity index (χ2v) is 8.70. The van der Waals surface area contributed by atoms with Gasteiger partial charge in [0.25, 0.3) is 0 Å². The summed E-state index contributed by atoms with van der Waals surface area (Å²) in [4.78, 5) is 0. The summed E-state index contributed by atoms with van der Waals surface area (Å²) in [5.74, 6) is 0. The van der Waals surface area contributed by atoms with E-state index in [1.54, 1.807) is 0 Å². The molecule has 0 N–H and O–H groups in total. The molecule has 0 fully saturated rings. The van der Waals surface area contributed by atoms with Gasteiger partial charge in [-0.15, -0.1) is 0 Å². The maximum Gasteiger partial charge on any atom is 0.0568 e. The van der Waals surface area contributed by atoms with Crippen molar-refractivity contribution in [1.29, 1.82) is 0 Å². The van der Waals surface area contributed by atoms with Gasteiger partial charge in [0, 0.05) is 39.8 Å². The average molecular weight is 423 g/mol. The van der Waals surface area contributed by atoms with Crippen LogP contribution < -0.4 is 0 Å². The third-order valence-electron chi connectivity index (χ3n) is 6.91. The molecule has 0 bridgehead atoms. The Bertz CT molecular complexity index is 1800. The van der Waals surface area contributed by atoms with E-state index in [1.807, 2.05) is 0 Å². The van der Waals surface area contributed by atoms with E-state index in [9.17, 15) is 0 Å². The zero-order valence-electron chi connectivity index (χ0n) is 18.4. The van der Waals surface area contributed by atoms with E-state index in [-0.39, 0.29) is 0 Å². The van der Waals surface area contributed by atoms with Gasteiger partial charge in [-0.3, -0.25) is 0 Å². The van der Waals surface area contributed by atoms with Crippen LogP contribution in [0.2, 0.25) is 0 Å². The molecule has 0 saturated carbocycles. The Hall–Kier alpha value is -4.30. The fourth-order valence-electron chi connectivity index (χ4n) is 5.45. The summed E-state index contributed by atoms with van der Waals surface area (Å²) in [6, 6.07) is 41.5. The number of para-hydroxylation sites is 3. The van der Waals surface area contributed by atoms with Crippen molar-refractivity contribution in [3.63, 3.8) is 0 Å². The molecule has 0 unspecified atom stereocenters. The molecule has 0 radical (unpaired) electrons. The molecule has 2 heterocycles. The SMILES string of the molecule is Cn1c2cc3c(cc2c2cccc(-c4ccccc4)c21)c1ccccc1n3-c1ccccc1. The number of benzene rings is 5. The molecular formula is C31H22N2. The first kappa shape index (κ1) is 18.3. The van der Waals surface area contributed by atoms with Gasteiger partial charge in [0.15, 0.2) is 0 Å². The zero-order valence-corrected chi connectivity index (χ0v) is 18.4. The van der Waals surface area contributed by atoms with Crippen molar-refractivity contribution in [3.8, 4) is 16.8 Å². The van der Waals surface area contributed by atoms with Crippen molar-refractivity contribution >= 4 is 43.6 Å². The van der Waals surface area contributed by atoms with E-state index in [1.165, 1.54) is 60.4 Å². The maximum atomic E-state index is 2.39. The van der Waals surface area contributed by atoms with Crippen LogP contribution in [0.1, 0.15) is 0 Å². The highest BCUT2D eigenvalue weighted by atomic mass is 15.0. The summed E-state index contributed by atoms with van der Waals surface area (Å²) in [6.07, 6.45) is 0. The van der Waals surface area contributed by atoms with Gasteiger partial charge in [-0.05, 0) is 35.9 Å². The summed E-state index contributed by atoms with van der Waals surface area (Å²) >= 11 is 0. The lowest BCUT2D eigenvalue weighted by Crippen LogP contribution is -1.94. The molecule has 2 heteroatoms. The van der Waals surface area contributed by atoms with Crippen LogP contribution in [0, 0.1) is 0 Å². The number of fused-ring (bicyclic) bond motifs is 6. The summed E-state index contributed by atoms with van der Waals surface area (Å²) in [7, 11) is 2.19. The van der Waals surface area contributed by atoms with E-state index in [0.717, 1.165) is 0 Å². The normalized spacial score (nSPS) is 11.8. The van der Waals surface area contributed by atoms with Crippen molar-refractivity contribution < 1.29 is 0 Å². The molecule has 5 aromatic carbocycles. The molecular weight excluding hydrogens is 400 g/mol. The van der Waals surface area contributed by atoms with Crippen LogP contribution in [-0.2, 0) is 7.05 Å². The Kier molecular flexibility index (Phi) is 3.80. The molecule has 0 amide bonds. The molecule has 7 aromatic rings. The van der Waals surface area contributed by atoms with Crippen LogP contribution in [0.25, 0.3) is 60.4 Å². The number of aromatic nitrogens is 2. The predicted molar refractivity (Wildman–Crippen MR) is 140 cm³/mol. The van der Waals surface area contributed by atoms with Crippen molar-refractivity contribution in [1.82, 2.24) is 9.13 Å². The largest absolute Gasteiger partial charge is 0.343 e. The third kappa shape index (κ3) is 2.55. The molecule has 0 aliphatic rings. The van der Waals surface area contributed by atoms with E-state index >= 15 is 0 Å². The molecule has 7 rings (SSSR count). The third-order valence-corrected chi connectivity index (χ3v) is 6.91. The standard InChI is InChI=1S/C31H22N2/c1-32-29-20-30-26(24-15-8-9-18-28(24)33(30)22-13-6-3-7-14-22)19-27(29)25-17-10-16-23(31(25)32)21-11-4-2-5-12-21/h2-20H,1H3. The molecule has 0 aliphatic carbocycles. The van der Waals surface area contributed by atoms with Crippen molar-refractivity contribution in [2.24, 2.45) is 7.05 Å². The monoisotopic (exact) mass is 422 g/mol. The Morgan fingerprint density at radius 1 is 0.485 bits per heavy atom. The van der Waals surface area contributed by atoms with Crippen molar-refractivity contribution in [2.75, 3.05) is 0 Å². The number of hydrogen-bond donors (Lipinski definition) is 0. The summed E-state index contributed by atoms with van der Waals surface area (Å²) in [6.45, 7) is 0. The quantitative estimate of drug-likeness (QED) is 0.266. The first-order chi connectivity index (χ1) is 16.3. The van der Waals surface area contributed by atoms with E-state index < -0.39 is 0 Å². The maximum absolute atomic E-state index is 2.39. The minimum atomic E-state index is 1.19. The van der Waals surface area contributed by atoms with Gasteiger partial charge >= 0.3 is 0 Å². The summed E-state index contributed by atoms with van der Waals surface area (Å²) in [5, 5.41) is 5.18. The Morgan fingerprint density at radius 2 is 1.15 bits per heavy atom. The molecule has 0 atom stereocenters. The highest BCUT2D eigenvalue weighted by molar-refractivity contribution is 6.20. The topological polar surface area (TPSA) is 9.86 Å². The second kappa shape index (κ2) is 6.85. The number of rotatable bonds is 2. The van der Waals surface area contributed by atoms with Crippen molar-refractivity contribution in [2.45, 2.75) is 0 Å². The van der Waals surface area contributed by atoms with Crippen LogP contribution in [0.15, 0.2) is 115 Å². The summed E-state index contributed by atoms with van der Waals surface area (Å²) < 4.78 is 4.75. The fraction of sp³-hybridized carbons (Fsp3) is 0.0323. The number of aryl methyl sites for hydroxylation is 1. The minimum Gasteiger partial charge on any atom is -0.343 e. The van der Waals surface area contributed by atoms with E-state index in [0.29, 0.717) is 0 Å². The highest BCUT2D eigenvalue weighted by Gasteiger charge is 2.18. The minimum absolute atomic E-state index is 1.19. The van der Waals surface area contributed by atoms with E-state index in [2.05, 4.69) is 131 Å². The molecule has 0 aliphatic heterocycles. The second-order valence-electron chi connectivity index (χ2n) is 8.70. The van der Waals surface area contributed by atoms with Gasteiger partial charge < -0.3 is 9.13 Å². The lowest BCUT2D eigenvalue weighted by atomic mass is 10.0. The smallest absolute Gasteiger partial charge is 0.0568 e. The van der Waals surface area contributed by atoms with Crippen LogP contribution in [0.5, 0.6) is 0 Å². The van der Waals surface area contributed by atoms with Crippen LogP contribution in [-0.4, -0.2) is 9.13 Å². The lowest BCUT2D eigenvalue weighted by molar-refractivity contribution is 1.01. The molecule has 156 valence electrons. The Morgan fingerprint density at radius 3 is 1.97 bits per heavy atom. The first-order valence-electron chi connectivity index (χ1n) is 11.4. The van der Waals surface area contributed by atoms with Crippen LogP contribution in [0.3, 0.4) is 0 Å². The molecule has 2 nitrogen and oxygen atoms in total. The number of hydrogen-bond acceptors (Lipinski definition) is 0. The average Bonchev–Trinajstić information content (AvgIpc) is 3.36. The van der Waals surface area contributed by atoms with Gasteiger partial charge in [0.05, 0.1) is 22.1 Å². The van der Waals surface area contributed by atoms with Crippen LogP contribution in [0.4, 0.5) is 0 Å². The Balaban J connectivity index is 1.65. The molecule has 0 saturated heterocycles. The van der Waals surface area contributed by atoms with E-state index in [4.69, 9.17) is 0 Å². The molecule has 0 spiro atoms. The lowest BCUT2D eigenvalue weighted by Gasteiger charge is -2.08. The first-order valence-corrected chi connectivity index (χ1v) is 11.4. The van der Waals surface area contributed by atoms with Crippen LogP contribution >= 0.6 is 0 Å². The number of nitrogens with zero attached hydrogens (tertiary/aromatic N) is 2. The molecule has 33 heavy (non-hydrogen) atoms. The van der Waals surface area contributed by atoms with Gasteiger partial charge in [-0.1, -0.05) is 84.9 Å². The van der Waals surface area contributed by atoms with Gasteiger partial charge in [-0.2, -0.15) is 0 Å². The van der Waals surface area contributed by atoms with Gasteiger partial charge in [0.1, 0.15) is 0 Å². The fourth-order valence-corrected chi connectivity index (χ4v) is 5.45.